The highest BCUT2D eigenvalue weighted by Gasteiger charge is 2.24. The van der Waals surface area contributed by atoms with Crippen LogP contribution in [0.5, 0.6) is 0 Å². The topological polar surface area (TPSA) is 82.1 Å². The first kappa shape index (κ1) is 22.6. The molecule has 156 valence electrons. The van der Waals surface area contributed by atoms with Crippen LogP contribution >= 0.6 is 11.6 Å². The number of carboxylic acids is 1. The molecule has 0 aromatic carbocycles. The summed E-state index contributed by atoms with van der Waals surface area (Å²) in [6, 6.07) is 0. The summed E-state index contributed by atoms with van der Waals surface area (Å²) in [6.07, 6.45) is 15.0. The van der Waals surface area contributed by atoms with E-state index in [-0.39, 0.29) is 29.5 Å². The van der Waals surface area contributed by atoms with Crippen LogP contribution in [0.25, 0.3) is 0 Å². The van der Waals surface area contributed by atoms with Crippen LogP contribution in [-0.4, -0.2) is 30.1 Å². The molecule has 2 aliphatic rings. The average molecular weight is 421 g/mol. The van der Waals surface area contributed by atoms with E-state index < -0.39 is 5.97 Å². The van der Waals surface area contributed by atoms with Gasteiger partial charge in [-0.1, -0.05) is 29.8 Å². The number of ether oxygens (including phenoxy) is 3. The highest BCUT2D eigenvalue weighted by Crippen LogP contribution is 2.22. The molecular formula is C22H25ClO6. The Labute approximate surface area is 175 Å². The van der Waals surface area contributed by atoms with Crippen molar-refractivity contribution in [1.29, 1.82) is 0 Å². The van der Waals surface area contributed by atoms with E-state index in [4.69, 9.17) is 30.9 Å². The number of allylic oxidation sites excluding steroid dienone is 9. The van der Waals surface area contributed by atoms with Crippen LogP contribution in [0.15, 0.2) is 70.6 Å². The molecule has 2 rings (SSSR count). The second kappa shape index (κ2) is 12.0. The van der Waals surface area contributed by atoms with Crippen molar-refractivity contribution in [2.45, 2.75) is 39.0 Å². The van der Waals surface area contributed by atoms with Gasteiger partial charge in [-0.25, -0.2) is 4.79 Å². The molecule has 7 heteroatoms. The fraction of sp³-hybridized carbons (Fsp3) is 0.364. The zero-order valence-corrected chi connectivity index (χ0v) is 17.1. The number of carbonyl (C=O) groups excluding carboxylic acids is 1. The van der Waals surface area contributed by atoms with Gasteiger partial charge in [0.1, 0.15) is 5.76 Å². The van der Waals surface area contributed by atoms with E-state index in [1.54, 1.807) is 13.0 Å². The summed E-state index contributed by atoms with van der Waals surface area (Å²) in [4.78, 5) is 23.4. The molecule has 29 heavy (non-hydrogen) atoms. The number of aliphatic carboxylic acids is 1. The average Bonchev–Trinajstić information content (AvgIpc) is 2.98. The number of Topliss-reactive ketones (excluding diaryl/α,β-unsaturated/α-hetero) is 1. The number of hydrogen-bond donors (Lipinski definition) is 1. The van der Waals surface area contributed by atoms with Crippen molar-refractivity contribution in [2.75, 3.05) is 13.2 Å². The number of carbonyl (C=O) groups is 2. The second-order valence-corrected chi connectivity index (χ2v) is 6.78. The summed E-state index contributed by atoms with van der Waals surface area (Å²) in [5, 5.41) is 9.76. The van der Waals surface area contributed by atoms with Gasteiger partial charge in [0.2, 0.25) is 17.3 Å². The number of unbranched alkanes of at least 4 members (excludes halogenated alkanes) is 2. The zero-order chi connectivity index (χ0) is 21.1. The lowest BCUT2D eigenvalue weighted by molar-refractivity contribution is -0.135. The van der Waals surface area contributed by atoms with E-state index in [1.807, 2.05) is 24.3 Å². The van der Waals surface area contributed by atoms with Crippen LogP contribution in [0.2, 0.25) is 0 Å². The largest absolute Gasteiger partial charge is 0.498 e. The number of rotatable bonds is 10. The SMILES string of the molecule is C/C=C/C1=C(OCCCCCOC2=CC(Cl)=CC=CC2)C(=O)CC=C(C(=O)O)O1. The second-order valence-electron chi connectivity index (χ2n) is 6.35. The third-order valence-electron chi connectivity index (χ3n) is 4.03. The number of carboxylic acid groups (broad SMARTS) is 1. The van der Waals surface area contributed by atoms with Gasteiger partial charge in [-0.05, 0) is 50.5 Å². The van der Waals surface area contributed by atoms with E-state index >= 15 is 0 Å². The Bertz CT molecular complexity index is 798. The van der Waals surface area contributed by atoms with Gasteiger partial charge in [0.15, 0.2) is 5.76 Å². The molecule has 0 aromatic heterocycles. The molecule has 6 nitrogen and oxygen atoms in total. The van der Waals surface area contributed by atoms with Gasteiger partial charge in [0.25, 0.3) is 0 Å². The van der Waals surface area contributed by atoms with Gasteiger partial charge >= 0.3 is 5.97 Å². The Morgan fingerprint density at radius 1 is 1.24 bits per heavy atom. The fourth-order valence-electron chi connectivity index (χ4n) is 2.63. The number of halogens is 1. The molecular weight excluding hydrogens is 396 g/mol. The Hall–Kier alpha value is -2.73. The monoisotopic (exact) mass is 420 g/mol. The molecule has 1 aliphatic carbocycles. The summed E-state index contributed by atoms with van der Waals surface area (Å²) in [7, 11) is 0. The van der Waals surface area contributed by atoms with Crippen LogP contribution in [0.4, 0.5) is 0 Å². The molecule has 0 bridgehead atoms. The molecule has 0 amide bonds. The van der Waals surface area contributed by atoms with Gasteiger partial charge in [-0.15, -0.1) is 0 Å². The normalized spacial score (nSPS) is 17.2. The van der Waals surface area contributed by atoms with Crippen molar-refractivity contribution < 1.29 is 28.9 Å². The summed E-state index contributed by atoms with van der Waals surface area (Å²) < 4.78 is 16.7. The number of ketones is 1. The van der Waals surface area contributed by atoms with Crippen LogP contribution < -0.4 is 0 Å². The van der Waals surface area contributed by atoms with Crippen molar-refractivity contribution >= 4 is 23.4 Å². The van der Waals surface area contributed by atoms with Gasteiger partial charge in [-0.2, -0.15) is 0 Å². The highest BCUT2D eigenvalue weighted by atomic mass is 35.5. The Balaban J connectivity index is 1.77. The van der Waals surface area contributed by atoms with Crippen molar-refractivity contribution in [2.24, 2.45) is 0 Å². The van der Waals surface area contributed by atoms with Gasteiger partial charge in [0, 0.05) is 17.9 Å². The van der Waals surface area contributed by atoms with Crippen LogP contribution in [-0.2, 0) is 23.8 Å². The van der Waals surface area contributed by atoms with Gasteiger partial charge < -0.3 is 19.3 Å². The lowest BCUT2D eigenvalue weighted by Gasteiger charge is -2.12. The molecule has 0 saturated carbocycles. The first-order valence-electron chi connectivity index (χ1n) is 9.51. The molecule has 0 fully saturated rings. The van der Waals surface area contributed by atoms with Crippen molar-refractivity contribution in [3.8, 4) is 0 Å². The molecule has 0 radical (unpaired) electrons. The highest BCUT2D eigenvalue weighted by molar-refractivity contribution is 6.31. The van der Waals surface area contributed by atoms with Crippen LogP contribution in [0.3, 0.4) is 0 Å². The van der Waals surface area contributed by atoms with E-state index in [2.05, 4.69) is 0 Å². The van der Waals surface area contributed by atoms with Gasteiger partial charge in [0.05, 0.1) is 13.2 Å². The molecule has 1 N–H and O–H groups in total. The smallest absolute Gasteiger partial charge is 0.371 e. The predicted molar refractivity (Wildman–Crippen MR) is 110 cm³/mol. The lowest BCUT2D eigenvalue weighted by Crippen LogP contribution is -2.09. The van der Waals surface area contributed by atoms with Crippen LogP contribution in [0, 0.1) is 0 Å². The maximum absolute atomic E-state index is 12.3. The molecule has 0 atom stereocenters. The summed E-state index contributed by atoms with van der Waals surface area (Å²) in [6.45, 7) is 2.65. The van der Waals surface area contributed by atoms with E-state index in [9.17, 15) is 9.59 Å². The zero-order valence-electron chi connectivity index (χ0n) is 16.4. The first-order chi connectivity index (χ1) is 14.0. The van der Waals surface area contributed by atoms with Crippen LogP contribution in [0.1, 0.15) is 39.0 Å². The summed E-state index contributed by atoms with van der Waals surface area (Å²) in [5.41, 5.74) is 0. The van der Waals surface area contributed by atoms with Gasteiger partial charge in [-0.3, -0.25) is 4.79 Å². The molecule has 1 heterocycles. The molecule has 0 unspecified atom stereocenters. The fourth-order valence-corrected chi connectivity index (χ4v) is 2.82. The third-order valence-corrected chi connectivity index (χ3v) is 4.27. The van der Waals surface area contributed by atoms with Crippen molar-refractivity contribution in [1.82, 2.24) is 0 Å². The third kappa shape index (κ3) is 7.66. The predicted octanol–water partition coefficient (Wildman–Crippen LogP) is 4.90. The lowest BCUT2D eigenvalue weighted by atomic mass is 10.2. The quantitative estimate of drug-likeness (QED) is 0.506. The van der Waals surface area contributed by atoms with E-state index in [0.717, 1.165) is 25.0 Å². The first-order valence-corrected chi connectivity index (χ1v) is 9.89. The molecule has 0 saturated heterocycles. The van der Waals surface area contributed by atoms with E-state index in [0.29, 0.717) is 24.7 Å². The minimum absolute atomic E-state index is 0.0590. The minimum atomic E-state index is -1.22. The van der Waals surface area contributed by atoms with E-state index in [1.165, 1.54) is 12.2 Å². The number of hydrogen-bond acceptors (Lipinski definition) is 5. The molecule has 0 aromatic rings. The minimum Gasteiger partial charge on any atom is -0.498 e. The Kier molecular flexibility index (Phi) is 9.31. The molecule has 0 spiro atoms. The maximum atomic E-state index is 12.3. The summed E-state index contributed by atoms with van der Waals surface area (Å²) >= 11 is 6.01. The van der Waals surface area contributed by atoms with Crippen molar-refractivity contribution in [3.05, 3.63) is 70.6 Å². The maximum Gasteiger partial charge on any atom is 0.371 e. The van der Waals surface area contributed by atoms with Crippen molar-refractivity contribution in [3.63, 3.8) is 0 Å². The summed E-state index contributed by atoms with van der Waals surface area (Å²) in [5.74, 6) is -0.804. The standard InChI is InChI=1S/C22H25ClO6/c1-2-8-19-21(18(24)11-12-20(29-19)22(25)26)28-14-7-3-6-13-27-17-10-5-4-9-16(23)15-17/h2,4-5,8-9,12,15H,3,6-7,10-11,13-14H2,1H3,(H,25,26)/b8-2+. The Morgan fingerprint density at radius 3 is 2.72 bits per heavy atom. The molecule has 1 aliphatic heterocycles. The Morgan fingerprint density at radius 2 is 2.00 bits per heavy atom.